The Balaban J connectivity index is 0.998. The maximum Gasteiger partial charge on any atom is 0.248 e. The molecule has 6 aromatic rings. The molecule has 3 aromatic carbocycles. The van der Waals surface area contributed by atoms with Gasteiger partial charge in [-0.15, -0.1) is 11.3 Å². The van der Waals surface area contributed by atoms with E-state index in [1.165, 1.54) is 21.9 Å². The smallest absolute Gasteiger partial charge is 0.248 e. The number of aromatic nitrogens is 2. The third kappa shape index (κ3) is 6.75. The Hall–Kier alpha value is -4.58. The monoisotopic (exact) mass is 622 g/mol. The van der Waals surface area contributed by atoms with E-state index in [4.69, 9.17) is 4.42 Å². The first-order valence-electron chi connectivity index (χ1n) is 14.7. The number of aromatic hydroxyl groups is 1. The molecular formula is C35H34N4O5S. The lowest BCUT2D eigenvalue weighted by atomic mass is 9.86. The van der Waals surface area contributed by atoms with Gasteiger partial charge in [0.15, 0.2) is 5.60 Å². The fourth-order valence-electron chi connectivity index (χ4n) is 5.40. The van der Waals surface area contributed by atoms with Gasteiger partial charge in [-0.2, -0.15) is 0 Å². The maximum atomic E-state index is 11.9. The zero-order valence-corrected chi connectivity index (χ0v) is 25.3. The van der Waals surface area contributed by atoms with E-state index in [1.807, 2.05) is 60.7 Å². The van der Waals surface area contributed by atoms with Crippen LogP contribution in [0.3, 0.4) is 0 Å². The second-order valence-electron chi connectivity index (χ2n) is 10.8. The molecule has 1 atom stereocenters. The van der Waals surface area contributed by atoms with E-state index in [0.29, 0.717) is 59.5 Å². The van der Waals surface area contributed by atoms with Crippen LogP contribution in [0.15, 0.2) is 112 Å². The molecule has 6 N–H and O–H groups in total. The highest BCUT2D eigenvalue weighted by Crippen LogP contribution is 2.36. The highest BCUT2D eigenvalue weighted by atomic mass is 32.1. The summed E-state index contributed by atoms with van der Waals surface area (Å²) in [6.07, 6.45) is 1.67. The van der Waals surface area contributed by atoms with E-state index in [2.05, 4.69) is 32.7 Å². The average molecular weight is 623 g/mol. The number of oxazole rings is 1. The van der Waals surface area contributed by atoms with Gasteiger partial charge in [-0.25, -0.2) is 4.98 Å². The molecule has 0 saturated carbocycles. The third-order valence-corrected chi connectivity index (χ3v) is 8.86. The second kappa shape index (κ2) is 13.6. The zero-order valence-electron chi connectivity index (χ0n) is 24.4. The van der Waals surface area contributed by atoms with Crippen molar-refractivity contribution in [1.29, 1.82) is 0 Å². The number of aliphatic hydroxyl groups is 2. The highest BCUT2D eigenvalue weighted by Gasteiger charge is 2.38. The van der Waals surface area contributed by atoms with Crippen LogP contribution in [-0.2, 0) is 25.1 Å². The molecule has 45 heavy (non-hydrogen) atoms. The average Bonchev–Trinajstić information content (AvgIpc) is 3.74. The van der Waals surface area contributed by atoms with Gasteiger partial charge in [-0.05, 0) is 47.4 Å². The molecule has 0 bridgehead atoms. The number of H-pyrrole nitrogens is 1. The summed E-state index contributed by atoms with van der Waals surface area (Å²) in [7, 11) is 0. The van der Waals surface area contributed by atoms with Gasteiger partial charge in [0.05, 0.1) is 24.4 Å². The molecule has 0 radical (unpaired) electrons. The van der Waals surface area contributed by atoms with Crippen molar-refractivity contribution in [1.82, 2.24) is 20.6 Å². The van der Waals surface area contributed by atoms with Crippen molar-refractivity contribution in [3.05, 3.63) is 152 Å². The van der Waals surface area contributed by atoms with Gasteiger partial charge in [-0.3, -0.25) is 4.79 Å². The Morgan fingerprint density at radius 3 is 2.31 bits per heavy atom. The van der Waals surface area contributed by atoms with Crippen molar-refractivity contribution in [2.24, 2.45) is 0 Å². The minimum atomic E-state index is -1.51. The van der Waals surface area contributed by atoms with Crippen LogP contribution in [0.2, 0.25) is 0 Å². The number of hydrogen-bond acceptors (Lipinski definition) is 9. The normalized spacial score (nSPS) is 12.5. The number of phenolic OH excluding ortho intramolecular Hbond substituents is 1. The summed E-state index contributed by atoms with van der Waals surface area (Å²) < 4.78 is 6.08. The second-order valence-corrected chi connectivity index (χ2v) is 12.1. The Morgan fingerprint density at radius 2 is 1.58 bits per heavy atom. The van der Waals surface area contributed by atoms with Crippen molar-refractivity contribution in [3.63, 3.8) is 0 Å². The Bertz CT molecular complexity index is 1880. The zero-order chi connectivity index (χ0) is 31.2. The number of benzene rings is 3. The molecule has 0 aliphatic rings. The maximum absolute atomic E-state index is 11.9. The van der Waals surface area contributed by atoms with Crippen molar-refractivity contribution < 1.29 is 19.7 Å². The quantitative estimate of drug-likeness (QED) is 0.102. The number of nitrogens with zero attached hydrogens (tertiary/aromatic N) is 1. The van der Waals surface area contributed by atoms with Crippen molar-refractivity contribution in [2.45, 2.75) is 31.2 Å². The predicted molar refractivity (Wildman–Crippen MR) is 174 cm³/mol. The molecule has 3 aromatic heterocycles. The van der Waals surface area contributed by atoms with Crippen LogP contribution < -0.4 is 16.2 Å². The van der Waals surface area contributed by atoms with Gasteiger partial charge in [0, 0.05) is 40.8 Å². The van der Waals surface area contributed by atoms with E-state index < -0.39 is 11.7 Å². The summed E-state index contributed by atoms with van der Waals surface area (Å²) in [6, 6.07) is 29.2. The first kappa shape index (κ1) is 30.4. The van der Waals surface area contributed by atoms with Crippen LogP contribution >= 0.6 is 11.3 Å². The van der Waals surface area contributed by atoms with Crippen LogP contribution in [0.25, 0.3) is 10.9 Å². The molecular weight excluding hydrogens is 588 g/mol. The van der Waals surface area contributed by atoms with Gasteiger partial charge < -0.3 is 35.4 Å². The van der Waals surface area contributed by atoms with Crippen molar-refractivity contribution in [2.75, 3.05) is 13.1 Å². The van der Waals surface area contributed by atoms with E-state index in [9.17, 15) is 20.1 Å². The number of thiophene rings is 1. The number of aromatic amines is 1. The predicted octanol–water partition coefficient (Wildman–Crippen LogP) is 4.72. The number of nitrogens with one attached hydrogen (secondary N) is 3. The lowest BCUT2D eigenvalue weighted by molar-refractivity contribution is 0.0912. The summed E-state index contributed by atoms with van der Waals surface area (Å²) in [4.78, 5) is 21.1. The molecule has 0 saturated heterocycles. The molecule has 1 unspecified atom stereocenters. The van der Waals surface area contributed by atoms with E-state index in [0.717, 1.165) is 6.42 Å². The Kier molecular flexibility index (Phi) is 9.20. The number of phenols is 1. The molecule has 0 spiro atoms. The number of fused-ring (bicyclic) bond motifs is 1. The largest absolute Gasteiger partial charge is 0.506 e. The minimum Gasteiger partial charge on any atom is -0.506 e. The third-order valence-electron chi connectivity index (χ3n) is 7.71. The number of rotatable bonds is 13. The number of hydrogen-bond donors (Lipinski definition) is 6. The standard InChI is InChI=1S/C35H34N4O5S/c40-30-15-13-28(29-14-16-32(42)39-33(29)30)31(41)22-36-18-17-26-11-12-27(45-26)21-37-19-25-20-38-34(44-25)35(43,23-7-3-1-4-8-23)24-9-5-2-6-10-24/h1-16,20,31,36-37,40-41,43H,17-19,21-22H2,(H,39,42). The highest BCUT2D eigenvalue weighted by molar-refractivity contribution is 7.11. The summed E-state index contributed by atoms with van der Waals surface area (Å²) in [5.74, 6) is 0.822. The number of pyridine rings is 1. The minimum absolute atomic E-state index is 0.0292. The van der Waals surface area contributed by atoms with E-state index >= 15 is 0 Å². The lowest BCUT2D eigenvalue weighted by Crippen LogP contribution is -2.29. The van der Waals surface area contributed by atoms with Gasteiger partial charge in [0.25, 0.3) is 0 Å². The molecule has 0 aliphatic carbocycles. The summed E-state index contributed by atoms with van der Waals surface area (Å²) in [5, 5.41) is 40.0. The molecule has 0 amide bonds. The molecule has 6 rings (SSSR count). The summed E-state index contributed by atoms with van der Waals surface area (Å²) >= 11 is 1.72. The van der Waals surface area contributed by atoms with Crippen LogP contribution in [0, 0.1) is 0 Å². The summed E-state index contributed by atoms with van der Waals surface area (Å²) in [6.45, 7) is 2.13. The van der Waals surface area contributed by atoms with Crippen LogP contribution in [0.5, 0.6) is 5.75 Å². The van der Waals surface area contributed by atoms with Gasteiger partial charge >= 0.3 is 0 Å². The summed E-state index contributed by atoms with van der Waals surface area (Å²) in [5.41, 5.74) is 0.503. The van der Waals surface area contributed by atoms with Gasteiger partial charge in [0.1, 0.15) is 11.5 Å². The van der Waals surface area contributed by atoms with Crippen LogP contribution in [0.4, 0.5) is 0 Å². The molecule has 3 heterocycles. The van der Waals surface area contributed by atoms with Crippen LogP contribution in [0.1, 0.15) is 44.2 Å². The van der Waals surface area contributed by atoms with Gasteiger partial charge in [-0.1, -0.05) is 66.7 Å². The molecule has 0 fully saturated rings. The SMILES string of the molecule is O=c1ccc2c(C(O)CNCCc3ccc(CNCc4cnc(C(O)(c5ccccc5)c5ccccc5)o4)s3)ccc(O)c2[nH]1. The van der Waals surface area contributed by atoms with Crippen molar-refractivity contribution >= 4 is 22.2 Å². The topological polar surface area (TPSA) is 144 Å². The number of aliphatic hydroxyl groups excluding tert-OH is 1. The van der Waals surface area contributed by atoms with Crippen LogP contribution in [-0.4, -0.2) is 38.4 Å². The van der Waals surface area contributed by atoms with Crippen molar-refractivity contribution in [3.8, 4) is 5.75 Å². The van der Waals surface area contributed by atoms with E-state index in [1.54, 1.807) is 29.7 Å². The molecule has 10 heteroatoms. The Labute approximate surface area is 263 Å². The van der Waals surface area contributed by atoms with Gasteiger partial charge in [0.2, 0.25) is 11.4 Å². The molecule has 9 nitrogen and oxygen atoms in total. The van der Waals surface area contributed by atoms with E-state index in [-0.39, 0.29) is 17.2 Å². The first-order chi connectivity index (χ1) is 21.9. The first-order valence-corrected chi connectivity index (χ1v) is 15.5. The fourth-order valence-corrected chi connectivity index (χ4v) is 6.39. The Morgan fingerprint density at radius 1 is 0.867 bits per heavy atom. The molecule has 230 valence electrons. The lowest BCUT2D eigenvalue weighted by Gasteiger charge is -2.26. The molecule has 0 aliphatic heterocycles. The fraction of sp³-hybridized carbons (Fsp3) is 0.200.